The number of fused-ring (bicyclic) bond motifs is 1. The molecule has 0 radical (unpaired) electrons. The minimum Gasteiger partial charge on any atom is -0.479 e. The molecule has 0 saturated carbocycles. The number of Topliss-reactive ketones (excluding diaryl/α,β-unsaturated/α-hetero) is 1. The number of hydrogen-bond acceptors (Lipinski definition) is 5. The van der Waals surface area contributed by atoms with Crippen molar-refractivity contribution in [3.05, 3.63) is 24.0 Å². The zero-order valence-electron chi connectivity index (χ0n) is 11.7. The van der Waals surface area contributed by atoms with Crippen LogP contribution in [0.15, 0.2) is 18.5 Å². The molecule has 2 aromatic rings. The lowest BCUT2D eigenvalue weighted by Gasteiger charge is -2.26. The molecule has 0 unspecified atom stereocenters. The van der Waals surface area contributed by atoms with E-state index >= 15 is 0 Å². The van der Waals surface area contributed by atoms with Crippen LogP contribution in [-0.4, -0.2) is 59.8 Å². The average Bonchev–Trinajstić information content (AvgIpc) is 2.98. The van der Waals surface area contributed by atoms with E-state index in [2.05, 4.69) is 15.3 Å². The number of piperazine rings is 1. The second-order valence-electron chi connectivity index (χ2n) is 4.82. The third-order valence-corrected chi connectivity index (χ3v) is 3.60. The first-order valence-corrected chi connectivity index (χ1v) is 6.76. The molecule has 0 aliphatic carbocycles. The number of nitrogens with zero attached hydrogens (tertiary/aromatic N) is 2. The van der Waals surface area contributed by atoms with Gasteiger partial charge in [0.15, 0.2) is 0 Å². The highest BCUT2D eigenvalue weighted by Crippen LogP contribution is 2.25. The van der Waals surface area contributed by atoms with E-state index < -0.39 is 11.7 Å². The average molecular weight is 288 g/mol. The maximum absolute atomic E-state index is 12.4. The zero-order valence-corrected chi connectivity index (χ0v) is 11.7. The number of hydrogen-bond donors (Lipinski definition) is 2. The molecule has 110 valence electrons. The van der Waals surface area contributed by atoms with Crippen molar-refractivity contribution in [1.29, 1.82) is 0 Å². The van der Waals surface area contributed by atoms with E-state index in [-0.39, 0.29) is 0 Å². The van der Waals surface area contributed by atoms with Crippen LogP contribution in [0, 0.1) is 0 Å². The summed E-state index contributed by atoms with van der Waals surface area (Å²) < 4.78 is 5.14. The molecule has 7 nitrogen and oxygen atoms in total. The Morgan fingerprint density at radius 3 is 2.81 bits per heavy atom. The Labute approximate surface area is 121 Å². The first-order valence-electron chi connectivity index (χ1n) is 6.76. The van der Waals surface area contributed by atoms with Gasteiger partial charge in [-0.2, -0.15) is 0 Å². The van der Waals surface area contributed by atoms with Crippen molar-refractivity contribution in [3.63, 3.8) is 0 Å². The van der Waals surface area contributed by atoms with Gasteiger partial charge in [-0.15, -0.1) is 0 Å². The number of methoxy groups -OCH3 is 1. The number of ether oxygens (including phenoxy) is 1. The molecule has 1 aliphatic rings. The molecule has 1 fully saturated rings. The molecular weight excluding hydrogens is 272 g/mol. The largest absolute Gasteiger partial charge is 0.479 e. The van der Waals surface area contributed by atoms with E-state index in [1.54, 1.807) is 17.2 Å². The minimum absolute atomic E-state index is 0.356. The highest BCUT2D eigenvalue weighted by atomic mass is 16.5. The molecule has 0 aromatic carbocycles. The van der Waals surface area contributed by atoms with Gasteiger partial charge in [-0.25, -0.2) is 4.98 Å². The first kappa shape index (κ1) is 13.6. The number of rotatable bonds is 3. The van der Waals surface area contributed by atoms with E-state index in [4.69, 9.17) is 4.74 Å². The van der Waals surface area contributed by atoms with Crippen molar-refractivity contribution in [2.75, 3.05) is 33.3 Å². The highest BCUT2D eigenvalue weighted by molar-refractivity contribution is 6.44. The number of carbonyl (C=O) groups excluding carboxylic acids is 2. The summed E-state index contributed by atoms with van der Waals surface area (Å²) in [7, 11) is 1.51. The van der Waals surface area contributed by atoms with Gasteiger partial charge in [-0.3, -0.25) is 9.59 Å². The van der Waals surface area contributed by atoms with Crippen LogP contribution in [0.5, 0.6) is 5.88 Å². The van der Waals surface area contributed by atoms with Crippen LogP contribution >= 0.6 is 0 Å². The number of pyridine rings is 1. The molecule has 7 heteroatoms. The van der Waals surface area contributed by atoms with Gasteiger partial charge < -0.3 is 19.9 Å². The number of amides is 1. The van der Waals surface area contributed by atoms with Crippen LogP contribution in [-0.2, 0) is 4.79 Å². The van der Waals surface area contributed by atoms with E-state index in [9.17, 15) is 9.59 Å². The summed E-state index contributed by atoms with van der Waals surface area (Å²) in [4.78, 5) is 33.3. The van der Waals surface area contributed by atoms with Gasteiger partial charge in [0.2, 0.25) is 5.88 Å². The molecule has 0 bridgehead atoms. The second-order valence-corrected chi connectivity index (χ2v) is 4.82. The fourth-order valence-electron chi connectivity index (χ4n) is 2.50. The van der Waals surface area contributed by atoms with Gasteiger partial charge in [0, 0.05) is 44.0 Å². The Morgan fingerprint density at radius 2 is 2.10 bits per heavy atom. The van der Waals surface area contributed by atoms with Gasteiger partial charge in [0.05, 0.1) is 12.7 Å². The molecule has 1 amide bonds. The molecule has 1 saturated heterocycles. The lowest BCUT2D eigenvalue weighted by molar-refractivity contribution is -0.126. The van der Waals surface area contributed by atoms with Crippen molar-refractivity contribution in [2.24, 2.45) is 0 Å². The van der Waals surface area contributed by atoms with Gasteiger partial charge in [-0.1, -0.05) is 0 Å². The van der Waals surface area contributed by atoms with Crippen LogP contribution in [0.3, 0.4) is 0 Å². The Kier molecular flexibility index (Phi) is 3.57. The van der Waals surface area contributed by atoms with Crippen LogP contribution in [0.1, 0.15) is 10.4 Å². The standard InChI is InChI=1S/C14H16N4O3/c1-21-13-11-9(2-3-16-13)10(8-17-11)12(19)14(20)18-6-4-15-5-7-18/h2-3,8,15,17H,4-7H2,1H3. The molecule has 2 aromatic heterocycles. The minimum atomic E-state index is -0.503. The quantitative estimate of drug-likeness (QED) is 0.622. The number of carbonyl (C=O) groups is 2. The summed E-state index contributed by atoms with van der Waals surface area (Å²) in [6.45, 7) is 2.53. The van der Waals surface area contributed by atoms with Crippen LogP contribution < -0.4 is 10.1 Å². The zero-order chi connectivity index (χ0) is 14.8. The monoisotopic (exact) mass is 288 g/mol. The Morgan fingerprint density at radius 1 is 1.33 bits per heavy atom. The number of aromatic nitrogens is 2. The third kappa shape index (κ3) is 2.36. The fourth-order valence-corrected chi connectivity index (χ4v) is 2.50. The van der Waals surface area contributed by atoms with E-state index in [1.807, 2.05) is 0 Å². The lowest BCUT2D eigenvalue weighted by atomic mass is 10.1. The van der Waals surface area contributed by atoms with E-state index in [0.717, 1.165) is 0 Å². The Bertz CT molecular complexity index is 689. The van der Waals surface area contributed by atoms with Crippen molar-refractivity contribution < 1.29 is 14.3 Å². The number of aromatic amines is 1. The van der Waals surface area contributed by atoms with E-state index in [0.29, 0.717) is 48.5 Å². The fraction of sp³-hybridized carbons (Fsp3) is 0.357. The van der Waals surface area contributed by atoms with E-state index in [1.165, 1.54) is 13.3 Å². The maximum Gasteiger partial charge on any atom is 0.295 e. The summed E-state index contributed by atoms with van der Waals surface area (Å²) >= 11 is 0. The summed E-state index contributed by atoms with van der Waals surface area (Å²) in [5.41, 5.74) is 0.977. The molecule has 3 rings (SSSR count). The molecule has 0 spiro atoms. The number of ketones is 1. The predicted octanol–water partition coefficient (Wildman–Crippen LogP) is 0.186. The van der Waals surface area contributed by atoms with Gasteiger partial charge in [0.25, 0.3) is 11.7 Å². The van der Waals surface area contributed by atoms with Crippen molar-refractivity contribution in [3.8, 4) is 5.88 Å². The summed E-state index contributed by atoms with van der Waals surface area (Å²) in [6.07, 6.45) is 3.10. The number of H-pyrrole nitrogens is 1. The summed E-state index contributed by atoms with van der Waals surface area (Å²) in [5, 5.41) is 3.80. The predicted molar refractivity (Wildman–Crippen MR) is 76.4 cm³/mol. The van der Waals surface area contributed by atoms with Crippen molar-refractivity contribution in [1.82, 2.24) is 20.2 Å². The topological polar surface area (TPSA) is 87.3 Å². The second kappa shape index (κ2) is 5.53. The highest BCUT2D eigenvalue weighted by Gasteiger charge is 2.26. The Balaban J connectivity index is 1.93. The van der Waals surface area contributed by atoms with Crippen molar-refractivity contribution >= 4 is 22.6 Å². The van der Waals surface area contributed by atoms with Gasteiger partial charge in [-0.05, 0) is 6.07 Å². The van der Waals surface area contributed by atoms with Crippen LogP contribution in [0.25, 0.3) is 10.9 Å². The van der Waals surface area contributed by atoms with Gasteiger partial charge >= 0.3 is 0 Å². The molecule has 2 N–H and O–H groups in total. The van der Waals surface area contributed by atoms with Crippen molar-refractivity contribution in [2.45, 2.75) is 0 Å². The normalized spacial score (nSPS) is 15.2. The maximum atomic E-state index is 12.4. The summed E-state index contributed by atoms with van der Waals surface area (Å²) in [6, 6.07) is 1.70. The SMILES string of the molecule is COc1nccc2c(C(=O)C(=O)N3CCNCC3)c[nH]c12. The van der Waals surface area contributed by atoms with Crippen LogP contribution in [0.2, 0.25) is 0 Å². The summed E-state index contributed by atoms with van der Waals surface area (Å²) in [5.74, 6) is -0.564. The number of nitrogens with one attached hydrogen (secondary N) is 2. The molecule has 0 atom stereocenters. The molecular formula is C14H16N4O3. The molecule has 1 aliphatic heterocycles. The lowest BCUT2D eigenvalue weighted by Crippen LogP contribution is -2.48. The molecule has 21 heavy (non-hydrogen) atoms. The first-order chi connectivity index (χ1) is 10.2. The smallest absolute Gasteiger partial charge is 0.295 e. The van der Waals surface area contributed by atoms with Crippen LogP contribution in [0.4, 0.5) is 0 Å². The molecule has 3 heterocycles. The van der Waals surface area contributed by atoms with Gasteiger partial charge in [0.1, 0.15) is 5.52 Å². The Hall–Kier alpha value is -2.41. The third-order valence-electron chi connectivity index (χ3n) is 3.60.